The number of benzene rings is 2. The minimum absolute atomic E-state index is 0.0215. The Hall–Kier alpha value is -1.95. The first kappa shape index (κ1) is 16.9. The van der Waals surface area contributed by atoms with Crippen LogP contribution in [-0.4, -0.2) is 52.4 Å². The van der Waals surface area contributed by atoms with Crippen molar-refractivity contribution in [3.8, 4) is 0 Å². The summed E-state index contributed by atoms with van der Waals surface area (Å²) in [5.41, 5.74) is 0.561. The Morgan fingerprint density at radius 2 is 1.67 bits per heavy atom. The lowest BCUT2D eigenvalue weighted by atomic mass is 9.89. The van der Waals surface area contributed by atoms with Gasteiger partial charge in [0.15, 0.2) is 6.10 Å². The molecule has 0 aliphatic carbocycles. The quantitative estimate of drug-likeness (QED) is 0.790. The summed E-state index contributed by atoms with van der Waals surface area (Å²) in [6.45, 7) is 0.783. The average Bonchev–Trinajstić information content (AvgIpc) is 2.65. The van der Waals surface area contributed by atoms with Crippen molar-refractivity contribution >= 4 is 16.7 Å². The summed E-state index contributed by atoms with van der Waals surface area (Å²) in [4.78, 5) is 14.2. The molecule has 128 valence electrons. The third-order valence-corrected chi connectivity index (χ3v) is 4.78. The van der Waals surface area contributed by atoms with Crippen LogP contribution in [0.3, 0.4) is 0 Å². The Bertz CT molecular complexity index is 705. The predicted octanol–water partition coefficient (Wildman–Crippen LogP) is 1.32. The highest BCUT2D eigenvalue weighted by Gasteiger charge is 2.32. The molecule has 3 rings (SSSR count). The highest BCUT2D eigenvalue weighted by molar-refractivity contribution is 5.87. The first-order valence-electron chi connectivity index (χ1n) is 8.29. The second-order valence-corrected chi connectivity index (χ2v) is 6.59. The summed E-state index contributed by atoms with van der Waals surface area (Å²) < 4.78 is 0. The zero-order valence-corrected chi connectivity index (χ0v) is 13.5. The van der Waals surface area contributed by atoms with Gasteiger partial charge in [0.05, 0.1) is 0 Å². The van der Waals surface area contributed by atoms with Gasteiger partial charge in [-0.25, -0.2) is 0 Å². The molecular formula is C19H23NO4. The molecule has 0 unspecified atom stereocenters. The molecule has 5 heteroatoms. The number of carbonyl (C=O) groups is 1. The molecule has 1 amide bonds. The van der Waals surface area contributed by atoms with E-state index in [0.29, 0.717) is 25.1 Å². The van der Waals surface area contributed by atoms with E-state index < -0.39 is 6.10 Å². The fourth-order valence-corrected chi connectivity index (χ4v) is 3.46. The maximum absolute atomic E-state index is 12.7. The Balaban J connectivity index is 1.79. The highest BCUT2D eigenvalue weighted by Crippen LogP contribution is 2.26. The van der Waals surface area contributed by atoms with E-state index in [4.69, 9.17) is 0 Å². The van der Waals surface area contributed by atoms with Crippen LogP contribution in [0.25, 0.3) is 10.8 Å². The van der Waals surface area contributed by atoms with Crippen molar-refractivity contribution in [1.29, 1.82) is 0 Å². The number of aliphatic hydroxyl groups is 3. The molecule has 0 bridgehead atoms. The molecule has 0 radical (unpaired) electrons. The van der Waals surface area contributed by atoms with Crippen LogP contribution in [0.15, 0.2) is 42.5 Å². The van der Waals surface area contributed by atoms with Crippen molar-refractivity contribution in [2.75, 3.05) is 26.3 Å². The van der Waals surface area contributed by atoms with Gasteiger partial charge in [-0.3, -0.25) is 4.79 Å². The summed E-state index contributed by atoms with van der Waals surface area (Å²) in [6.07, 6.45) is -0.533. The van der Waals surface area contributed by atoms with E-state index >= 15 is 0 Å². The molecule has 0 saturated carbocycles. The van der Waals surface area contributed by atoms with Crippen LogP contribution in [0.1, 0.15) is 18.1 Å². The summed E-state index contributed by atoms with van der Waals surface area (Å²) in [6, 6.07) is 13.3. The van der Waals surface area contributed by atoms with E-state index in [1.54, 1.807) is 11.0 Å². The molecule has 0 aromatic heterocycles. The van der Waals surface area contributed by atoms with Crippen molar-refractivity contribution in [3.63, 3.8) is 0 Å². The molecule has 2 aromatic rings. The number of fused-ring (bicyclic) bond motifs is 1. The molecule has 2 aromatic carbocycles. The van der Waals surface area contributed by atoms with Gasteiger partial charge in [-0.15, -0.1) is 0 Å². The average molecular weight is 329 g/mol. The van der Waals surface area contributed by atoms with Gasteiger partial charge in [0, 0.05) is 38.1 Å². The van der Waals surface area contributed by atoms with Gasteiger partial charge in [-0.2, -0.15) is 0 Å². The summed E-state index contributed by atoms with van der Waals surface area (Å²) in [5, 5.41) is 31.3. The molecule has 1 heterocycles. The van der Waals surface area contributed by atoms with Gasteiger partial charge in [0.25, 0.3) is 5.91 Å². The van der Waals surface area contributed by atoms with Crippen LogP contribution in [0.4, 0.5) is 0 Å². The number of amides is 1. The third-order valence-electron chi connectivity index (χ3n) is 4.78. The maximum Gasteiger partial charge on any atom is 0.256 e. The van der Waals surface area contributed by atoms with Gasteiger partial charge in [-0.1, -0.05) is 36.4 Å². The van der Waals surface area contributed by atoms with Crippen molar-refractivity contribution in [2.45, 2.75) is 12.5 Å². The van der Waals surface area contributed by atoms with Crippen LogP contribution in [-0.2, 0) is 4.79 Å². The Morgan fingerprint density at radius 3 is 2.29 bits per heavy atom. The fourth-order valence-electron chi connectivity index (χ4n) is 3.46. The van der Waals surface area contributed by atoms with Crippen LogP contribution in [0, 0.1) is 11.8 Å². The van der Waals surface area contributed by atoms with E-state index in [1.807, 2.05) is 36.4 Å². The zero-order chi connectivity index (χ0) is 17.1. The standard InChI is InChI=1S/C19H23NO4/c21-11-13-7-14(12-22)10-20(9-13)19(24)18(23)17-6-5-15-3-1-2-4-16(15)8-17/h1-6,8,13-14,18,21-23H,7,9-12H2/t13-,14+,18-/m1/s1. The van der Waals surface area contributed by atoms with Crippen molar-refractivity contribution < 1.29 is 20.1 Å². The fraction of sp³-hybridized carbons (Fsp3) is 0.421. The van der Waals surface area contributed by atoms with E-state index in [9.17, 15) is 20.1 Å². The molecule has 0 spiro atoms. The lowest BCUT2D eigenvalue weighted by Gasteiger charge is -2.37. The van der Waals surface area contributed by atoms with E-state index in [2.05, 4.69) is 0 Å². The number of likely N-dealkylation sites (tertiary alicyclic amines) is 1. The maximum atomic E-state index is 12.7. The van der Waals surface area contributed by atoms with E-state index in [0.717, 1.165) is 10.8 Å². The lowest BCUT2D eigenvalue weighted by Crippen LogP contribution is -2.47. The number of carbonyl (C=O) groups excluding carboxylic acids is 1. The molecule has 1 aliphatic heterocycles. The molecule has 1 saturated heterocycles. The minimum Gasteiger partial charge on any atom is -0.396 e. The van der Waals surface area contributed by atoms with Crippen molar-refractivity contribution in [3.05, 3.63) is 48.0 Å². The van der Waals surface area contributed by atoms with Gasteiger partial charge >= 0.3 is 0 Å². The van der Waals surface area contributed by atoms with Gasteiger partial charge in [-0.05, 0) is 28.8 Å². The van der Waals surface area contributed by atoms with E-state index in [-0.39, 0.29) is 31.0 Å². The van der Waals surface area contributed by atoms with Gasteiger partial charge in [0.2, 0.25) is 0 Å². The number of aliphatic hydroxyl groups excluding tert-OH is 3. The lowest BCUT2D eigenvalue weighted by molar-refractivity contribution is -0.144. The van der Waals surface area contributed by atoms with Gasteiger partial charge in [0.1, 0.15) is 0 Å². The molecule has 24 heavy (non-hydrogen) atoms. The second-order valence-electron chi connectivity index (χ2n) is 6.59. The molecule has 1 fully saturated rings. The normalized spacial score (nSPS) is 22.5. The zero-order valence-electron chi connectivity index (χ0n) is 13.5. The predicted molar refractivity (Wildman–Crippen MR) is 91.3 cm³/mol. The molecule has 5 nitrogen and oxygen atoms in total. The third kappa shape index (κ3) is 3.43. The Kier molecular flexibility index (Phi) is 5.14. The summed E-state index contributed by atoms with van der Waals surface area (Å²) in [5.74, 6) is -0.478. The summed E-state index contributed by atoms with van der Waals surface area (Å²) >= 11 is 0. The first-order valence-corrected chi connectivity index (χ1v) is 8.29. The molecule has 1 aliphatic rings. The van der Waals surface area contributed by atoms with Crippen LogP contribution in [0.5, 0.6) is 0 Å². The van der Waals surface area contributed by atoms with Crippen LogP contribution < -0.4 is 0 Å². The highest BCUT2D eigenvalue weighted by atomic mass is 16.3. The number of nitrogens with zero attached hydrogens (tertiary/aromatic N) is 1. The monoisotopic (exact) mass is 329 g/mol. The topological polar surface area (TPSA) is 81.0 Å². The Morgan fingerprint density at radius 1 is 1.04 bits per heavy atom. The summed E-state index contributed by atoms with van der Waals surface area (Å²) in [7, 11) is 0. The number of piperidine rings is 1. The van der Waals surface area contributed by atoms with Crippen LogP contribution in [0.2, 0.25) is 0 Å². The second kappa shape index (κ2) is 7.30. The molecule has 3 N–H and O–H groups in total. The minimum atomic E-state index is -1.23. The number of hydrogen-bond acceptors (Lipinski definition) is 4. The van der Waals surface area contributed by atoms with Gasteiger partial charge < -0.3 is 20.2 Å². The Labute approximate surface area is 141 Å². The van der Waals surface area contributed by atoms with Crippen molar-refractivity contribution in [2.24, 2.45) is 11.8 Å². The largest absolute Gasteiger partial charge is 0.396 e. The number of hydrogen-bond donors (Lipinski definition) is 3. The number of rotatable bonds is 4. The first-order chi connectivity index (χ1) is 11.6. The molecule has 3 atom stereocenters. The SMILES string of the molecule is O=C([C@H](O)c1ccc2ccccc2c1)N1C[C@H](CO)C[C@H](CO)C1. The molecular weight excluding hydrogens is 306 g/mol. The van der Waals surface area contributed by atoms with E-state index in [1.165, 1.54) is 0 Å². The van der Waals surface area contributed by atoms with Crippen LogP contribution >= 0.6 is 0 Å². The van der Waals surface area contributed by atoms with Crippen molar-refractivity contribution in [1.82, 2.24) is 4.90 Å². The smallest absolute Gasteiger partial charge is 0.256 e.